The number of carboxylic acid groups (broad SMARTS) is 1. The van der Waals surface area contributed by atoms with Crippen molar-refractivity contribution in [1.82, 2.24) is 10.2 Å². The molecule has 0 spiro atoms. The number of hydrogen-bond acceptors (Lipinski definition) is 4. The summed E-state index contributed by atoms with van der Waals surface area (Å²) < 4.78 is 5.57. The number of carbonyl (C=O) groups is 3. The minimum Gasteiger partial charge on any atom is -0.493 e. The third kappa shape index (κ3) is 6.87. The fourth-order valence-electron chi connectivity index (χ4n) is 3.30. The molecule has 28 heavy (non-hydrogen) atoms. The number of hydrogen-bond donors (Lipinski definition) is 2. The Labute approximate surface area is 166 Å². The number of carbonyl (C=O) groups excluding carboxylic acids is 2. The molecule has 2 N–H and O–H groups in total. The Morgan fingerprint density at radius 3 is 2.71 bits per heavy atom. The Bertz CT molecular complexity index is 649. The average Bonchev–Trinajstić information content (AvgIpc) is 2.71. The first kappa shape index (κ1) is 21.7. The summed E-state index contributed by atoms with van der Waals surface area (Å²) in [6, 6.07) is 8.45. The topological polar surface area (TPSA) is 95.9 Å². The minimum atomic E-state index is -1.01. The van der Waals surface area contributed by atoms with Crippen LogP contribution < -0.4 is 10.1 Å². The van der Waals surface area contributed by atoms with Crippen LogP contribution in [-0.4, -0.2) is 53.5 Å². The second kappa shape index (κ2) is 11.3. The Balaban J connectivity index is 1.80. The van der Waals surface area contributed by atoms with Crippen LogP contribution in [0.4, 0.5) is 0 Å². The van der Waals surface area contributed by atoms with Gasteiger partial charge in [-0.2, -0.15) is 0 Å². The molecule has 1 aliphatic heterocycles. The maximum absolute atomic E-state index is 12.5. The van der Waals surface area contributed by atoms with Crippen molar-refractivity contribution < 1.29 is 24.2 Å². The number of rotatable bonds is 10. The lowest BCUT2D eigenvalue weighted by molar-refractivity contribution is -0.144. The van der Waals surface area contributed by atoms with E-state index in [-0.39, 0.29) is 30.8 Å². The highest BCUT2D eigenvalue weighted by molar-refractivity contribution is 5.86. The number of piperidine rings is 1. The van der Waals surface area contributed by atoms with Crippen molar-refractivity contribution in [3.63, 3.8) is 0 Å². The zero-order valence-electron chi connectivity index (χ0n) is 16.4. The van der Waals surface area contributed by atoms with Gasteiger partial charge >= 0.3 is 5.97 Å². The van der Waals surface area contributed by atoms with Crippen molar-refractivity contribution in [2.45, 2.75) is 51.5 Å². The lowest BCUT2D eigenvalue weighted by atomic mass is 9.96. The van der Waals surface area contributed by atoms with Crippen LogP contribution in [0.5, 0.6) is 5.75 Å². The molecule has 0 bridgehead atoms. The Hall–Kier alpha value is -2.57. The second-order valence-electron chi connectivity index (χ2n) is 7.13. The highest BCUT2D eigenvalue weighted by Crippen LogP contribution is 2.18. The van der Waals surface area contributed by atoms with Crippen LogP contribution in [-0.2, 0) is 14.4 Å². The van der Waals surface area contributed by atoms with Crippen molar-refractivity contribution in [2.75, 3.05) is 19.7 Å². The summed E-state index contributed by atoms with van der Waals surface area (Å²) in [5.41, 5.74) is 0. The predicted octanol–water partition coefficient (Wildman–Crippen LogP) is 2.45. The quantitative estimate of drug-likeness (QED) is 0.640. The zero-order valence-corrected chi connectivity index (χ0v) is 16.4. The van der Waals surface area contributed by atoms with Gasteiger partial charge in [-0.25, -0.2) is 4.79 Å². The fourth-order valence-corrected chi connectivity index (χ4v) is 3.30. The number of para-hydroxylation sites is 1. The van der Waals surface area contributed by atoms with Gasteiger partial charge in [0.2, 0.25) is 11.8 Å². The van der Waals surface area contributed by atoms with Gasteiger partial charge in [0, 0.05) is 13.1 Å². The zero-order chi connectivity index (χ0) is 20.4. The maximum Gasteiger partial charge on any atom is 0.326 e. The molecule has 7 nitrogen and oxygen atoms in total. The standard InChI is InChI=1S/C21H30N2O5/c1-2-3-11-18(21(26)27)22-20(25)16-8-7-13-23(15-16)19(24)12-14-28-17-9-5-4-6-10-17/h4-6,9-10,16,18H,2-3,7-8,11-15H2,1H3,(H,22,25)(H,26,27)/t16?,18-/m0/s1. The molecule has 1 fully saturated rings. The fraction of sp³-hybridized carbons (Fsp3) is 0.571. The number of benzene rings is 1. The molecule has 7 heteroatoms. The molecule has 154 valence electrons. The van der Waals surface area contributed by atoms with Crippen LogP contribution in [0, 0.1) is 5.92 Å². The Morgan fingerprint density at radius 1 is 1.29 bits per heavy atom. The molecule has 2 atom stereocenters. The van der Waals surface area contributed by atoms with Gasteiger partial charge in [-0.15, -0.1) is 0 Å². The van der Waals surface area contributed by atoms with E-state index in [0.29, 0.717) is 25.9 Å². The molecule has 0 aromatic heterocycles. The second-order valence-corrected chi connectivity index (χ2v) is 7.13. The van der Waals surface area contributed by atoms with Gasteiger partial charge in [-0.3, -0.25) is 9.59 Å². The highest BCUT2D eigenvalue weighted by Gasteiger charge is 2.30. The summed E-state index contributed by atoms with van der Waals surface area (Å²) >= 11 is 0. The molecular formula is C21H30N2O5. The molecule has 1 aromatic rings. The van der Waals surface area contributed by atoms with E-state index in [9.17, 15) is 19.5 Å². The lowest BCUT2D eigenvalue weighted by Crippen LogP contribution is -2.49. The summed E-state index contributed by atoms with van der Waals surface area (Å²) in [7, 11) is 0. The van der Waals surface area contributed by atoms with Crippen LogP contribution in [0.25, 0.3) is 0 Å². The molecule has 2 amide bonds. The van der Waals surface area contributed by atoms with E-state index in [1.54, 1.807) is 4.90 Å². The van der Waals surface area contributed by atoms with E-state index in [0.717, 1.165) is 25.0 Å². The van der Waals surface area contributed by atoms with Gasteiger partial charge in [-0.1, -0.05) is 38.0 Å². The minimum absolute atomic E-state index is 0.0470. The normalized spacial score (nSPS) is 17.6. The summed E-state index contributed by atoms with van der Waals surface area (Å²) in [6.07, 6.45) is 3.68. The molecule has 1 unspecified atom stereocenters. The van der Waals surface area contributed by atoms with Crippen molar-refractivity contribution in [1.29, 1.82) is 0 Å². The molecule has 1 aromatic carbocycles. The monoisotopic (exact) mass is 390 g/mol. The summed E-state index contributed by atoms with van der Waals surface area (Å²) in [6.45, 7) is 3.21. The molecule has 1 aliphatic rings. The number of amides is 2. The van der Waals surface area contributed by atoms with E-state index < -0.39 is 12.0 Å². The van der Waals surface area contributed by atoms with E-state index in [1.165, 1.54) is 0 Å². The number of aliphatic carboxylic acids is 1. The van der Waals surface area contributed by atoms with Crippen LogP contribution in [0.3, 0.4) is 0 Å². The van der Waals surface area contributed by atoms with E-state index >= 15 is 0 Å². The molecule has 0 radical (unpaired) electrons. The number of unbranched alkanes of at least 4 members (excludes halogenated alkanes) is 1. The number of nitrogens with zero attached hydrogens (tertiary/aromatic N) is 1. The van der Waals surface area contributed by atoms with Crippen molar-refractivity contribution in [3.8, 4) is 5.75 Å². The molecule has 0 aliphatic carbocycles. The summed E-state index contributed by atoms with van der Waals surface area (Å²) in [5, 5.41) is 11.9. The number of ether oxygens (including phenoxy) is 1. The number of nitrogens with one attached hydrogen (secondary N) is 1. The molecule has 2 rings (SSSR count). The Kier molecular flexibility index (Phi) is 8.78. The smallest absolute Gasteiger partial charge is 0.326 e. The molecule has 1 saturated heterocycles. The van der Waals surface area contributed by atoms with Gasteiger partial charge in [0.1, 0.15) is 11.8 Å². The van der Waals surface area contributed by atoms with Crippen molar-refractivity contribution >= 4 is 17.8 Å². The largest absolute Gasteiger partial charge is 0.493 e. The number of carboxylic acids is 1. The summed E-state index contributed by atoms with van der Waals surface area (Å²) in [5.74, 6) is -0.978. The summed E-state index contributed by atoms with van der Waals surface area (Å²) in [4.78, 5) is 38.0. The maximum atomic E-state index is 12.5. The van der Waals surface area contributed by atoms with Gasteiger partial charge in [0.15, 0.2) is 0 Å². The number of likely N-dealkylation sites (tertiary alicyclic amines) is 1. The van der Waals surface area contributed by atoms with Crippen LogP contribution >= 0.6 is 0 Å². The average molecular weight is 390 g/mol. The van der Waals surface area contributed by atoms with E-state index in [2.05, 4.69) is 5.32 Å². The molecular weight excluding hydrogens is 360 g/mol. The van der Waals surface area contributed by atoms with Gasteiger partial charge in [0.05, 0.1) is 18.9 Å². The van der Waals surface area contributed by atoms with Crippen molar-refractivity contribution in [2.24, 2.45) is 5.92 Å². The van der Waals surface area contributed by atoms with Crippen LogP contribution in [0.15, 0.2) is 30.3 Å². The third-order valence-electron chi connectivity index (χ3n) is 4.93. The lowest BCUT2D eigenvalue weighted by Gasteiger charge is -2.32. The Morgan fingerprint density at radius 2 is 2.04 bits per heavy atom. The van der Waals surface area contributed by atoms with Gasteiger partial charge in [-0.05, 0) is 31.4 Å². The van der Waals surface area contributed by atoms with Crippen molar-refractivity contribution in [3.05, 3.63) is 30.3 Å². The first-order valence-electron chi connectivity index (χ1n) is 10.00. The van der Waals surface area contributed by atoms with Gasteiger partial charge < -0.3 is 20.1 Å². The van der Waals surface area contributed by atoms with E-state index in [4.69, 9.17) is 4.74 Å². The van der Waals surface area contributed by atoms with Crippen LogP contribution in [0.1, 0.15) is 45.4 Å². The molecule has 0 saturated carbocycles. The first-order valence-corrected chi connectivity index (χ1v) is 10.00. The third-order valence-corrected chi connectivity index (χ3v) is 4.93. The SMILES string of the molecule is CCCC[C@H](NC(=O)C1CCCN(C(=O)CCOc2ccccc2)C1)C(=O)O. The van der Waals surface area contributed by atoms with E-state index in [1.807, 2.05) is 37.3 Å². The highest BCUT2D eigenvalue weighted by atomic mass is 16.5. The molecule has 1 heterocycles. The van der Waals surface area contributed by atoms with Crippen LogP contribution in [0.2, 0.25) is 0 Å². The van der Waals surface area contributed by atoms with Gasteiger partial charge in [0.25, 0.3) is 0 Å². The predicted molar refractivity (Wildman–Crippen MR) is 105 cm³/mol. The first-order chi connectivity index (χ1) is 13.5.